The standard InChI is InChI=1S/C21H21N5O2/c1-14-5-4-6-17-20(14)25(2)19(23-17)13-22-21(27)18-11-12-26(24-18)15-7-9-16(28-3)10-8-15/h4-12H,13H2,1-3H3,(H,22,27). The number of fused-ring (bicyclic) bond motifs is 1. The van der Waals surface area contributed by atoms with E-state index in [-0.39, 0.29) is 5.91 Å². The number of rotatable bonds is 5. The molecule has 28 heavy (non-hydrogen) atoms. The van der Waals surface area contributed by atoms with Gasteiger partial charge in [-0.25, -0.2) is 9.67 Å². The maximum absolute atomic E-state index is 12.5. The molecule has 4 rings (SSSR count). The molecule has 0 fully saturated rings. The lowest BCUT2D eigenvalue weighted by molar-refractivity contribution is 0.0944. The van der Waals surface area contributed by atoms with E-state index in [9.17, 15) is 4.79 Å². The molecular weight excluding hydrogens is 354 g/mol. The first-order chi connectivity index (χ1) is 13.6. The summed E-state index contributed by atoms with van der Waals surface area (Å²) in [5.74, 6) is 1.33. The summed E-state index contributed by atoms with van der Waals surface area (Å²) in [7, 11) is 3.58. The average molecular weight is 375 g/mol. The van der Waals surface area contributed by atoms with Crippen molar-refractivity contribution in [3.63, 3.8) is 0 Å². The van der Waals surface area contributed by atoms with Crippen molar-refractivity contribution < 1.29 is 9.53 Å². The minimum Gasteiger partial charge on any atom is -0.497 e. The number of hydrogen-bond donors (Lipinski definition) is 1. The number of aryl methyl sites for hydroxylation is 2. The molecule has 0 bridgehead atoms. The molecule has 0 aliphatic carbocycles. The monoisotopic (exact) mass is 375 g/mol. The first-order valence-electron chi connectivity index (χ1n) is 8.96. The van der Waals surface area contributed by atoms with Gasteiger partial charge in [-0.1, -0.05) is 12.1 Å². The van der Waals surface area contributed by atoms with Crippen LogP contribution in [0.15, 0.2) is 54.7 Å². The summed E-state index contributed by atoms with van der Waals surface area (Å²) in [4.78, 5) is 17.1. The number of hydrogen-bond acceptors (Lipinski definition) is 4. The Morgan fingerprint density at radius 1 is 1.14 bits per heavy atom. The van der Waals surface area contributed by atoms with E-state index in [1.165, 1.54) is 0 Å². The maximum Gasteiger partial charge on any atom is 0.272 e. The highest BCUT2D eigenvalue weighted by molar-refractivity contribution is 5.92. The summed E-state index contributed by atoms with van der Waals surface area (Å²) >= 11 is 0. The Labute approximate surface area is 162 Å². The molecule has 2 aromatic heterocycles. The summed E-state index contributed by atoms with van der Waals surface area (Å²) in [6.45, 7) is 2.39. The van der Waals surface area contributed by atoms with Crippen molar-refractivity contribution in [2.75, 3.05) is 7.11 Å². The molecule has 7 nitrogen and oxygen atoms in total. The highest BCUT2D eigenvalue weighted by Crippen LogP contribution is 2.19. The summed E-state index contributed by atoms with van der Waals surface area (Å²) in [5, 5.41) is 7.27. The topological polar surface area (TPSA) is 74.0 Å². The minimum absolute atomic E-state index is 0.240. The van der Waals surface area contributed by atoms with Crippen molar-refractivity contribution in [2.24, 2.45) is 7.05 Å². The Kier molecular flexibility index (Phi) is 4.57. The van der Waals surface area contributed by atoms with Crippen molar-refractivity contribution in [3.05, 3.63) is 71.8 Å². The number of amides is 1. The maximum atomic E-state index is 12.5. The second-order valence-electron chi connectivity index (χ2n) is 6.56. The zero-order valence-electron chi connectivity index (χ0n) is 16.0. The fourth-order valence-electron chi connectivity index (χ4n) is 3.24. The van der Waals surface area contributed by atoms with Gasteiger partial charge in [0.15, 0.2) is 5.69 Å². The highest BCUT2D eigenvalue weighted by atomic mass is 16.5. The summed E-state index contributed by atoms with van der Waals surface area (Å²) in [5.41, 5.74) is 4.37. The molecule has 142 valence electrons. The van der Waals surface area contributed by atoms with Gasteiger partial charge in [-0.3, -0.25) is 4.79 Å². The van der Waals surface area contributed by atoms with Crippen LogP contribution in [0.2, 0.25) is 0 Å². The average Bonchev–Trinajstić information content (AvgIpc) is 3.32. The van der Waals surface area contributed by atoms with Crippen LogP contribution in [0.1, 0.15) is 21.9 Å². The van der Waals surface area contributed by atoms with Crippen LogP contribution < -0.4 is 10.1 Å². The lowest BCUT2D eigenvalue weighted by Crippen LogP contribution is -2.25. The third-order valence-electron chi connectivity index (χ3n) is 4.75. The molecule has 7 heteroatoms. The number of carbonyl (C=O) groups is 1. The van der Waals surface area contributed by atoms with Crippen molar-refractivity contribution in [1.29, 1.82) is 0 Å². The molecular formula is C21H21N5O2. The number of para-hydroxylation sites is 1. The molecule has 0 aliphatic rings. The molecule has 0 spiro atoms. The lowest BCUT2D eigenvalue weighted by atomic mass is 10.2. The van der Waals surface area contributed by atoms with E-state index < -0.39 is 0 Å². The quantitative estimate of drug-likeness (QED) is 0.582. The van der Waals surface area contributed by atoms with Gasteiger partial charge < -0.3 is 14.6 Å². The van der Waals surface area contributed by atoms with E-state index in [4.69, 9.17) is 4.74 Å². The number of nitrogens with one attached hydrogen (secondary N) is 1. The van der Waals surface area contributed by atoms with E-state index in [0.717, 1.165) is 33.9 Å². The van der Waals surface area contributed by atoms with Crippen LogP contribution in [0.4, 0.5) is 0 Å². The molecule has 0 saturated carbocycles. The lowest BCUT2D eigenvalue weighted by Gasteiger charge is -2.05. The van der Waals surface area contributed by atoms with Crippen LogP contribution in [0.25, 0.3) is 16.7 Å². The van der Waals surface area contributed by atoms with Crippen molar-refractivity contribution in [2.45, 2.75) is 13.5 Å². The van der Waals surface area contributed by atoms with Crippen molar-refractivity contribution >= 4 is 16.9 Å². The van der Waals surface area contributed by atoms with Crippen molar-refractivity contribution in [3.8, 4) is 11.4 Å². The molecule has 2 heterocycles. The van der Waals surface area contributed by atoms with Crippen LogP contribution in [-0.2, 0) is 13.6 Å². The van der Waals surface area contributed by atoms with E-state index in [2.05, 4.69) is 28.4 Å². The third-order valence-corrected chi connectivity index (χ3v) is 4.75. The molecule has 4 aromatic rings. The molecule has 0 radical (unpaired) electrons. The summed E-state index contributed by atoms with van der Waals surface area (Å²) in [6, 6.07) is 15.2. The van der Waals surface area contributed by atoms with Gasteiger partial charge in [-0.05, 0) is 48.9 Å². The van der Waals surface area contributed by atoms with Crippen LogP contribution >= 0.6 is 0 Å². The number of carbonyl (C=O) groups excluding carboxylic acids is 1. The van der Waals surface area contributed by atoms with Crippen molar-refractivity contribution in [1.82, 2.24) is 24.6 Å². The third kappa shape index (κ3) is 3.22. The van der Waals surface area contributed by atoms with Gasteiger partial charge in [0.1, 0.15) is 11.6 Å². The number of methoxy groups -OCH3 is 1. The van der Waals surface area contributed by atoms with Gasteiger partial charge in [0.2, 0.25) is 0 Å². The smallest absolute Gasteiger partial charge is 0.272 e. The summed E-state index contributed by atoms with van der Waals surface area (Å²) < 4.78 is 8.83. The number of benzene rings is 2. The van der Waals surface area contributed by atoms with E-state index in [1.807, 2.05) is 48.0 Å². The number of nitrogens with zero attached hydrogens (tertiary/aromatic N) is 4. The van der Waals surface area contributed by atoms with Gasteiger partial charge in [0.05, 0.1) is 30.4 Å². The normalized spacial score (nSPS) is 11.0. The molecule has 2 aromatic carbocycles. The molecule has 0 atom stereocenters. The first-order valence-corrected chi connectivity index (χ1v) is 8.96. The molecule has 0 saturated heterocycles. The van der Waals surface area contributed by atoms with E-state index >= 15 is 0 Å². The number of aromatic nitrogens is 4. The highest BCUT2D eigenvalue weighted by Gasteiger charge is 2.13. The molecule has 1 N–H and O–H groups in total. The molecule has 1 amide bonds. The van der Waals surface area contributed by atoms with Crippen LogP contribution in [0, 0.1) is 6.92 Å². The first kappa shape index (κ1) is 17.8. The van der Waals surface area contributed by atoms with Gasteiger partial charge in [0.25, 0.3) is 5.91 Å². The Morgan fingerprint density at radius 2 is 1.93 bits per heavy atom. The van der Waals surface area contributed by atoms with Gasteiger partial charge in [-0.2, -0.15) is 5.10 Å². The number of ether oxygens (including phenoxy) is 1. The fraction of sp³-hybridized carbons (Fsp3) is 0.190. The summed E-state index contributed by atoms with van der Waals surface area (Å²) in [6.07, 6.45) is 1.76. The van der Waals surface area contributed by atoms with Gasteiger partial charge >= 0.3 is 0 Å². The Morgan fingerprint density at radius 3 is 2.64 bits per heavy atom. The molecule has 0 unspecified atom stereocenters. The Balaban J connectivity index is 1.48. The Hall–Kier alpha value is -3.61. The van der Waals surface area contributed by atoms with Crippen LogP contribution in [-0.4, -0.2) is 32.3 Å². The van der Waals surface area contributed by atoms with Crippen LogP contribution in [0.5, 0.6) is 5.75 Å². The SMILES string of the molecule is COc1ccc(-n2ccc(C(=O)NCc3nc4cccc(C)c4n3C)n2)cc1. The minimum atomic E-state index is -0.240. The fourth-order valence-corrected chi connectivity index (χ4v) is 3.24. The van der Waals surface area contributed by atoms with E-state index in [1.54, 1.807) is 24.1 Å². The predicted octanol–water partition coefficient (Wildman–Crippen LogP) is 3.01. The zero-order chi connectivity index (χ0) is 19.7. The van der Waals surface area contributed by atoms with E-state index in [0.29, 0.717) is 12.2 Å². The van der Waals surface area contributed by atoms with Crippen LogP contribution in [0.3, 0.4) is 0 Å². The zero-order valence-corrected chi connectivity index (χ0v) is 16.0. The molecule has 0 aliphatic heterocycles. The predicted molar refractivity (Wildman–Crippen MR) is 107 cm³/mol. The Bertz CT molecular complexity index is 1140. The van der Waals surface area contributed by atoms with Gasteiger partial charge in [0, 0.05) is 13.2 Å². The number of imidazole rings is 1. The second kappa shape index (κ2) is 7.19. The largest absolute Gasteiger partial charge is 0.497 e. The van der Waals surface area contributed by atoms with Gasteiger partial charge in [-0.15, -0.1) is 0 Å². The second-order valence-corrected chi connectivity index (χ2v) is 6.56.